The fourth-order valence-electron chi connectivity index (χ4n) is 2.71. The maximum absolute atomic E-state index is 14.6. The van der Waals surface area contributed by atoms with E-state index in [2.05, 4.69) is 11.5 Å². The van der Waals surface area contributed by atoms with E-state index in [0.29, 0.717) is 0 Å². The zero-order valence-corrected chi connectivity index (χ0v) is 14.8. The molecule has 1 aliphatic rings. The van der Waals surface area contributed by atoms with Gasteiger partial charge in [-0.1, -0.05) is 6.92 Å². The first-order valence-corrected chi connectivity index (χ1v) is 7.98. The molecule has 22 heavy (non-hydrogen) atoms. The van der Waals surface area contributed by atoms with Crippen molar-refractivity contribution in [1.29, 1.82) is 0 Å². The molecule has 1 fully saturated rings. The molecule has 1 aromatic rings. The highest BCUT2D eigenvalue weighted by Gasteiger charge is 2.53. The molecule has 3 nitrogen and oxygen atoms in total. The van der Waals surface area contributed by atoms with Crippen molar-refractivity contribution in [2.24, 2.45) is 0 Å². The number of hydrogen-bond acceptors (Lipinski definition) is 2. The van der Waals surface area contributed by atoms with Crippen LogP contribution in [-0.2, 0) is 15.9 Å². The summed E-state index contributed by atoms with van der Waals surface area (Å²) in [6, 6.07) is 2.01. The number of hydrogen-bond donors (Lipinski definition) is 0. The summed E-state index contributed by atoms with van der Waals surface area (Å²) in [5, 5.41) is 0. The van der Waals surface area contributed by atoms with Crippen LogP contribution in [-0.4, -0.2) is 22.9 Å². The van der Waals surface area contributed by atoms with Crippen molar-refractivity contribution in [1.82, 2.24) is 4.57 Å². The largest absolute Gasteiger partial charge is 0.525 e. The predicted molar refractivity (Wildman–Crippen MR) is 89.4 cm³/mol. The maximum atomic E-state index is 14.6. The smallest absolute Gasteiger partial charge is 0.398 e. The van der Waals surface area contributed by atoms with Gasteiger partial charge in [-0.15, -0.1) is 0 Å². The molecule has 0 N–H and O–H groups in total. The third-order valence-corrected chi connectivity index (χ3v) is 4.83. The van der Waals surface area contributed by atoms with Crippen LogP contribution in [0.1, 0.15) is 58.0 Å². The minimum absolute atomic E-state index is 0.379. The summed E-state index contributed by atoms with van der Waals surface area (Å²) in [7, 11) is -0.931. The van der Waals surface area contributed by atoms with Crippen LogP contribution in [0.3, 0.4) is 0 Å². The summed E-state index contributed by atoms with van der Waals surface area (Å²) >= 11 is 0. The van der Waals surface area contributed by atoms with Crippen LogP contribution in [0, 0.1) is 13.8 Å². The molecular formula is C17H27BFNO2. The number of rotatable bonds is 4. The van der Waals surface area contributed by atoms with Crippen molar-refractivity contribution in [2.75, 3.05) is 0 Å². The first kappa shape index (κ1) is 17.3. The third-order valence-electron chi connectivity index (χ3n) is 4.83. The molecule has 0 aliphatic carbocycles. The highest BCUT2D eigenvalue weighted by atomic mass is 19.1. The fraction of sp³-hybridized carbons (Fsp3) is 0.647. The van der Waals surface area contributed by atoms with Crippen LogP contribution in [0.5, 0.6) is 0 Å². The monoisotopic (exact) mass is 307 g/mol. The Bertz CT molecular complexity index is 574. The predicted octanol–water partition coefficient (Wildman–Crippen LogP) is 4.46. The van der Waals surface area contributed by atoms with Gasteiger partial charge in [-0.25, -0.2) is 4.39 Å². The summed E-state index contributed by atoms with van der Waals surface area (Å²) in [5.74, 6) is 0. The molecule has 1 saturated heterocycles. The first-order valence-electron chi connectivity index (χ1n) is 7.98. The van der Waals surface area contributed by atoms with Crippen LogP contribution in [0.25, 0.3) is 6.08 Å². The fourth-order valence-corrected chi connectivity index (χ4v) is 2.71. The lowest BCUT2D eigenvalue weighted by Crippen LogP contribution is -2.41. The Labute approximate surface area is 133 Å². The quantitative estimate of drug-likeness (QED) is 0.767. The summed E-state index contributed by atoms with van der Waals surface area (Å²) in [4.78, 5) is 0. The summed E-state index contributed by atoms with van der Waals surface area (Å²) in [6.07, 6.45) is 2.59. The molecule has 2 heterocycles. The molecule has 1 aromatic heterocycles. The van der Waals surface area contributed by atoms with Crippen molar-refractivity contribution in [3.05, 3.63) is 28.7 Å². The van der Waals surface area contributed by atoms with Crippen LogP contribution in [0.4, 0.5) is 4.39 Å². The van der Waals surface area contributed by atoms with Crippen LogP contribution in [0.15, 0.2) is 11.8 Å². The van der Waals surface area contributed by atoms with E-state index >= 15 is 0 Å². The molecule has 0 radical (unpaired) electrons. The van der Waals surface area contributed by atoms with E-state index in [4.69, 9.17) is 9.31 Å². The molecule has 0 unspecified atom stereocenters. The topological polar surface area (TPSA) is 23.4 Å². The highest BCUT2D eigenvalue weighted by molar-refractivity contribution is 6.54. The Morgan fingerprint density at radius 2 is 1.77 bits per heavy atom. The molecule has 0 saturated carbocycles. The van der Waals surface area contributed by atoms with Gasteiger partial charge >= 0.3 is 7.12 Å². The Morgan fingerprint density at radius 1 is 1.23 bits per heavy atom. The summed E-state index contributed by atoms with van der Waals surface area (Å²) in [6.45, 7) is 14.9. The number of aryl methyl sites for hydroxylation is 1. The van der Waals surface area contributed by atoms with Gasteiger partial charge in [0.1, 0.15) is 5.73 Å². The lowest BCUT2D eigenvalue weighted by molar-refractivity contribution is 0.00578. The Hall–Kier alpha value is -1.07. The minimum Gasteiger partial charge on any atom is -0.398 e. The standard InChI is InChI=1S/C17H27BFNO2/c1-8-9-20-12(2)10-14(13(20)3)11-15(19)18-21-16(4,5)17(6,7)22-18/h10-11H,8-9H2,1-7H3. The van der Waals surface area contributed by atoms with Gasteiger partial charge in [-0.2, -0.15) is 0 Å². The van der Waals surface area contributed by atoms with E-state index in [9.17, 15) is 4.39 Å². The van der Waals surface area contributed by atoms with Gasteiger partial charge in [-0.05, 0) is 65.7 Å². The number of halogens is 1. The van der Waals surface area contributed by atoms with Crippen molar-refractivity contribution >= 4 is 13.2 Å². The summed E-state index contributed by atoms with van der Waals surface area (Å²) in [5.41, 5.74) is 1.68. The zero-order chi connectivity index (χ0) is 16.7. The second-order valence-electron chi connectivity index (χ2n) is 7.10. The van der Waals surface area contributed by atoms with Gasteiger partial charge in [0.15, 0.2) is 0 Å². The molecule has 0 bridgehead atoms. The van der Waals surface area contributed by atoms with Gasteiger partial charge < -0.3 is 13.9 Å². The Morgan fingerprint density at radius 3 is 2.27 bits per heavy atom. The van der Waals surface area contributed by atoms with Crippen molar-refractivity contribution < 1.29 is 13.7 Å². The highest BCUT2D eigenvalue weighted by Crippen LogP contribution is 2.39. The van der Waals surface area contributed by atoms with Crippen molar-refractivity contribution in [3.8, 4) is 0 Å². The molecule has 0 aromatic carbocycles. The van der Waals surface area contributed by atoms with Gasteiger partial charge in [0, 0.05) is 17.9 Å². The van der Waals surface area contributed by atoms with Crippen LogP contribution >= 0.6 is 0 Å². The van der Waals surface area contributed by atoms with E-state index in [1.807, 2.05) is 47.6 Å². The van der Waals surface area contributed by atoms with E-state index in [1.165, 1.54) is 6.08 Å². The first-order chi connectivity index (χ1) is 10.1. The van der Waals surface area contributed by atoms with Crippen molar-refractivity contribution in [2.45, 2.75) is 72.6 Å². The molecule has 5 heteroatoms. The van der Waals surface area contributed by atoms with Crippen molar-refractivity contribution in [3.63, 3.8) is 0 Å². The normalized spacial score (nSPS) is 20.7. The average molecular weight is 307 g/mol. The molecule has 1 aliphatic heterocycles. The van der Waals surface area contributed by atoms with Gasteiger partial charge in [0.2, 0.25) is 0 Å². The lowest BCUT2D eigenvalue weighted by atomic mass is 9.87. The zero-order valence-electron chi connectivity index (χ0n) is 14.8. The van der Waals surface area contributed by atoms with Gasteiger partial charge in [0.05, 0.1) is 11.2 Å². The maximum Gasteiger partial charge on any atom is 0.525 e. The summed E-state index contributed by atoms with van der Waals surface area (Å²) < 4.78 is 28.3. The van der Waals surface area contributed by atoms with Crippen LogP contribution < -0.4 is 0 Å². The van der Waals surface area contributed by atoms with E-state index < -0.39 is 18.3 Å². The van der Waals surface area contributed by atoms with Crippen LogP contribution in [0.2, 0.25) is 0 Å². The molecule has 2 rings (SSSR count). The SMILES string of the molecule is CCCn1c(C)cc(C=C(F)B2OC(C)(C)C(C)(C)O2)c1C. The molecule has 0 atom stereocenters. The Kier molecular flexibility index (Phi) is 4.60. The van der Waals surface area contributed by atoms with Gasteiger partial charge in [0.25, 0.3) is 0 Å². The third kappa shape index (κ3) is 3.02. The second kappa shape index (κ2) is 5.86. The van der Waals surface area contributed by atoms with E-state index in [1.54, 1.807) is 0 Å². The molecule has 0 amide bonds. The molecular weight excluding hydrogens is 280 g/mol. The molecule has 122 valence electrons. The molecule has 0 spiro atoms. The second-order valence-corrected chi connectivity index (χ2v) is 7.10. The minimum atomic E-state index is -0.931. The Balaban J connectivity index is 2.26. The van der Waals surface area contributed by atoms with Gasteiger partial charge in [-0.3, -0.25) is 0 Å². The van der Waals surface area contributed by atoms with E-state index in [0.717, 1.165) is 29.9 Å². The average Bonchev–Trinajstić information content (AvgIpc) is 2.77. The number of nitrogens with zero attached hydrogens (tertiary/aromatic N) is 1. The lowest BCUT2D eigenvalue weighted by Gasteiger charge is -2.32. The van der Waals surface area contributed by atoms with E-state index in [-0.39, 0.29) is 5.73 Å². The number of aromatic nitrogens is 1.